The molecule has 0 aromatic heterocycles. The summed E-state index contributed by atoms with van der Waals surface area (Å²) in [7, 11) is 0. The van der Waals surface area contributed by atoms with Gasteiger partial charge in [0.1, 0.15) is 18.4 Å². The molecule has 0 aliphatic carbocycles. The predicted octanol–water partition coefficient (Wildman–Crippen LogP) is 2.78. The van der Waals surface area contributed by atoms with Crippen LogP contribution in [0.25, 0.3) is 0 Å². The zero-order valence-corrected chi connectivity index (χ0v) is 13.6. The fourth-order valence-electron chi connectivity index (χ4n) is 1.88. The third-order valence-corrected chi connectivity index (χ3v) is 3.10. The van der Waals surface area contributed by atoms with Crippen LogP contribution in [0.2, 0.25) is 0 Å². The van der Waals surface area contributed by atoms with E-state index in [1.165, 1.54) is 0 Å². The van der Waals surface area contributed by atoms with Crippen LogP contribution in [0.4, 0.5) is 4.79 Å². The van der Waals surface area contributed by atoms with Crippen molar-refractivity contribution in [2.75, 3.05) is 0 Å². The first-order valence-corrected chi connectivity index (χ1v) is 7.00. The number of carboxylic acids is 1. The number of rotatable bonds is 6. The zero-order chi connectivity index (χ0) is 16.7. The molecule has 3 N–H and O–H groups in total. The quantitative estimate of drug-likeness (QED) is 0.613. The van der Waals surface area contributed by atoms with Crippen LogP contribution in [0.3, 0.4) is 0 Å². The molecule has 2 aromatic rings. The molecule has 0 radical (unpaired) electrons. The lowest BCUT2D eigenvalue weighted by molar-refractivity contribution is -0.138. The normalized spacial score (nSPS) is 11.0. The smallest absolute Gasteiger partial charge is 0.480 e. The van der Waals surface area contributed by atoms with E-state index < -0.39 is 18.2 Å². The lowest BCUT2D eigenvalue weighted by Gasteiger charge is -2.08. The SMILES string of the molecule is Cl.NC(Cc1ccc(OC(=O)OCc2ccccc2)cc1)C(=O)O. The summed E-state index contributed by atoms with van der Waals surface area (Å²) in [6.07, 6.45) is -0.600. The van der Waals surface area contributed by atoms with E-state index in [1.54, 1.807) is 24.3 Å². The second-order valence-electron chi connectivity index (χ2n) is 4.92. The molecule has 1 unspecified atom stereocenters. The molecule has 2 aromatic carbocycles. The van der Waals surface area contributed by atoms with Gasteiger partial charge < -0.3 is 20.3 Å². The molecule has 1 atom stereocenters. The number of nitrogens with two attached hydrogens (primary N) is 1. The Morgan fingerprint density at radius 3 is 2.21 bits per heavy atom. The maximum absolute atomic E-state index is 11.6. The second-order valence-corrected chi connectivity index (χ2v) is 4.92. The van der Waals surface area contributed by atoms with Crippen LogP contribution in [-0.2, 0) is 22.6 Å². The molecular formula is C17H18ClNO5. The highest BCUT2D eigenvalue weighted by molar-refractivity contribution is 5.85. The molecule has 0 saturated carbocycles. The van der Waals surface area contributed by atoms with Crippen molar-refractivity contribution in [3.05, 3.63) is 65.7 Å². The molecular weight excluding hydrogens is 334 g/mol. The molecule has 0 aliphatic rings. The van der Waals surface area contributed by atoms with E-state index in [0.29, 0.717) is 5.75 Å². The first kappa shape index (κ1) is 19.5. The highest BCUT2D eigenvalue weighted by atomic mass is 35.5. The van der Waals surface area contributed by atoms with Gasteiger partial charge in [0.2, 0.25) is 0 Å². The minimum Gasteiger partial charge on any atom is -0.480 e. The van der Waals surface area contributed by atoms with Crippen LogP contribution in [0.5, 0.6) is 5.75 Å². The van der Waals surface area contributed by atoms with Crippen LogP contribution >= 0.6 is 12.4 Å². The minimum absolute atomic E-state index is 0. The van der Waals surface area contributed by atoms with E-state index in [0.717, 1.165) is 11.1 Å². The molecule has 0 fully saturated rings. The van der Waals surface area contributed by atoms with E-state index in [-0.39, 0.29) is 25.4 Å². The average molecular weight is 352 g/mol. The summed E-state index contributed by atoms with van der Waals surface area (Å²) in [6, 6.07) is 14.7. The van der Waals surface area contributed by atoms with Gasteiger partial charge in [0.05, 0.1) is 0 Å². The number of aliphatic carboxylic acids is 1. The monoisotopic (exact) mass is 351 g/mol. The highest BCUT2D eigenvalue weighted by Crippen LogP contribution is 2.14. The molecule has 0 amide bonds. The van der Waals surface area contributed by atoms with Gasteiger partial charge in [-0.3, -0.25) is 4.79 Å². The van der Waals surface area contributed by atoms with Crippen molar-refractivity contribution in [2.45, 2.75) is 19.1 Å². The minimum atomic E-state index is -1.06. The topological polar surface area (TPSA) is 98.9 Å². The lowest BCUT2D eigenvalue weighted by atomic mass is 10.1. The fraction of sp³-hybridized carbons (Fsp3) is 0.176. The number of carboxylic acid groups (broad SMARTS) is 1. The summed E-state index contributed by atoms with van der Waals surface area (Å²) in [5.41, 5.74) is 7.06. The predicted molar refractivity (Wildman–Crippen MR) is 90.3 cm³/mol. The molecule has 2 rings (SSSR count). The van der Waals surface area contributed by atoms with E-state index >= 15 is 0 Å². The number of benzene rings is 2. The van der Waals surface area contributed by atoms with Gasteiger partial charge in [-0.1, -0.05) is 42.5 Å². The largest absolute Gasteiger partial charge is 0.514 e. The van der Waals surface area contributed by atoms with E-state index in [4.69, 9.17) is 20.3 Å². The van der Waals surface area contributed by atoms with Crippen molar-refractivity contribution in [3.8, 4) is 5.75 Å². The van der Waals surface area contributed by atoms with Gasteiger partial charge >= 0.3 is 12.1 Å². The number of carbonyl (C=O) groups excluding carboxylic acids is 1. The van der Waals surface area contributed by atoms with Gasteiger partial charge in [-0.2, -0.15) is 0 Å². The van der Waals surface area contributed by atoms with E-state index in [9.17, 15) is 9.59 Å². The first-order chi connectivity index (χ1) is 11.0. The Balaban J connectivity index is 0.00000288. The molecule has 0 heterocycles. The molecule has 0 bridgehead atoms. The molecule has 7 heteroatoms. The summed E-state index contributed by atoms with van der Waals surface area (Å²) in [5, 5.41) is 8.76. The van der Waals surface area contributed by atoms with Crippen LogP contribution in [0.1, 0.15) is 11.1 Å². The number of hydrogen-bond acceptors (Lipinski definition) is 5. The Kier molecular flexibility index (Phi) is 7.74. The molecule has 6 nitrogen and oxygen atoms in total. The molecule has 0 aliphatic heterocycles. The Hall–Kier alpha value is -2.57. The lowest BCUT2D eigenvalue weighted by Crippen LogP contribution is -2.32. The third-order valence-electron chi connectivity index (χ3n) is 3.10. The maximum atomic E-state index is 11.6. The Bertz CT molecular complexity index is 660. The fourth-order valence-corrected chi connectivity index (χ4v) is 1.88. The van der Waals surface area contributed by atoms with Gasteiger partial charge in [-0.05, 0) is 29.7 Å². The summed E-state index contributed by atoms with van der Waals surface area (Å²) in [5.74, 6) is -0.745. The Labute approximate surface area is 145 Å². The van der Waals surface area contributed by atoms with Gasteiger partial charge in [0.15, 0.2) is 0 Å². The first-order valence-electron chi connectivity index (χ1n) is 7.00. The van der Waals surface area contributed by atoms with Gasteiger partial charge in [-0.15, -0.1) is 12.4 Å². The number of hydrogen-bond donors (Lipinski definition) is 2. The molecule has 24 heavy (non-hydrogen) atoms. The number of ether oxygens (including phenoxy) is 2. The molecule has 128 valence electrons. The second kappa shape index (κ2) is 9.54. The van der Waals surface area contributed by atoms with Crippen molar-refractivity contribution in [2.24, 2.45) is 5.73 Å². The summed E-state index contributed by atoms with van der Waals surface area (Å²) in [4.78, 5) is 22.3. The summed E-state index contributed by atoms with van der Waals surface area (Å²) >= 11 is 0. The molecule has 0 spiro atoms. The standard InChI is InChI=1S/C17H17NO5.ClH/c18-15(16(19)20)10-12-6-8-14(9-7-12)23-17(21)22-11-13-4-2-1-3-5-13;/h1-9,15H,10-11,18H2,(H,19,20);1H. The Morgan fingerprint density at radius 1 is 1.00 bits per heavy atom. The van der Waals surface area contributed by atoms with Crippen LogP contribution in [-0.4, -0.2) is 23.3 Å². The maximum Gasteiger partial charge on any atom is 0.514 e. The highest BCUT2D eigenvalue weighted by Gasteiger charge is 2.12. The van der Waals surface area contributed by atoms with Gasteiger partial charge in [0, 0.05) is 0 Å². The Morgan fingerprint density at radius 2 is 1.62 bits per heavy atom. The van der Waals surface area contributed by atoms with Crippen molar-refractivity contribution in [1.82, 2.24) is 0 Å². The number of carbonyl (C=O) groups is 2. The summed E-state index contributed by atoms with van der Waals surface area (Å²) < 4.78 is 10.0. The van der Waals surface area contributed by atoms with Crippen LogP contribution in [0, 0.1) is 0 Å². The van der Waals surface area contributed by atoms with Crippen LogP contribution in [0.15, 0.2) is 54.6 Å². The number of halogens is 1. The van der Waals surface area contributed by atoms with Gasteiger partial charge in [-0.25, -0.2) is 4.79 Å². The van der Waals surface area contributed by atoms with Crippen molar-refractivity contribution in [3.63, 3.8) is 0 Å². The van der Waals surface area contributed by atoms with E-state index in [1.807, 2.05) is 30.3 Å². The third kappa shape index (κ3) is 6.28. The van der Waals surface area contributed by atoms with Crippen molar-refractivity contribution < 1.29 is 24.2 Å². The zero-order valence-electron chi connectivity index (χ0n) is 12.8. The van der Waals surface area contributed by atoms with Gasteiger partial charge in [0.25, 0.3) is 0 Å². The average Bonchev–Trinajstić information content (AvgIpc) is 2.55. The van der Waals surface area contributed by atoms with Crippen molar-refractivity contribution >= 4 is 24.5 Å². The molecule has 0 saturated heterocycles. The summed E-state index contributed by atoms with van der Waals surface area (Å²) in [6.45, 7) is 0.130. The van der Waals surface area contributed by atoms with Crippen LogP contribution < -0.4 is 10.5 Å². The van der Waals surface area contributed by atoms with E-state index in [2.05, 4.69) is 0 Å². The van der Waals surface area contributed by atoms with Crippen molar-refractivity contribution in [1.29, 1.82) is 0 Å².